The van der Waals surface area contributed by atoms with E-state index in [-0.39, 0.29) is 12.0 Å². The van der Waals surface area contributed by atoms with Gasteiger partial charge in [0.2, 0.25) is 5.91 Å². The fourth-order valence-corrected chi connectivity index (χ4v) is 2.90. The van der Waals surface area contributed by atoms with Crippen LogP contribution in [0.3, 0.4) is 0 Å². The minimum atomic E-state index is -0.458. The summed E-state index contributed by atoms with van der Waals surface area (Å²) in [6, 6.07) is 10.0. The number of likely N-dealkylation sites (tertiary alicyclic amines) is 1. The first-order valence-electron chi connectivity index (χ1n) is 9.12. The summed E-state index contributed by atoms with van der Waals surface area (Å²) in [5, 5.41) is 3.03. The third-order valence-electron chi connectivity index (χ3n) is 4.34. The van der Waals surface area contributed by atoms with Gasteiger partial charge in [0.1, 0.15) is 5.60 Å². The number of rotatable bonds is 5. The number of nitrogens with zero attached hydrogens (tertiary/aromatic N) is 1. The van der Waals surface area contributed by atoms with Crippen LogP contribution in [0.15, 0.2) is 30.3 Å². The van der Waals surface area contributed by atoms with Gasteiger partial charge >= 0.3 is 6.09 Å². The Kier molecular flexibility index (Phi) is 6.85. The van der Waals surface area contributed by atoms with Crippen LogP contribution in [0, 0.1) is 5.92 Å². The summed E-state index contributed by atoms with van der Waals surface area (Å²) in [4.78, 5) is 25.8. The van der Waals surface area contributed by atoms with Gasteiger partial charge in [-0.3, -0.25) is 4.79 Å². The molecular formula is C20H30N2O3. The molecule has 2 amide bonds. The molecule has 0 atom stereocenters. The summed E-state index contributed by atoms with van der Waals surface area (Å²) in [6.07, 6.45) is 2.85. The van der Waals surface area contributed by atoms with Gasteiger partial charge in [0.15, 0.2) is 0 Å². The molecule has 1 aromatic rings. The van der Waals surface area contributed by atoms with Crippen molar-refractivity contribution in [3.8, 4) is 0 Å². The second kappa shape index (κ2) is 8.88. The Bertz CT molecular complexity index is 558. The van der Waals surface area contributed by atoms with E-state index in [0.29, 0.717) is 32.0 Å². The molecule has 0 aromatic heterocycles. The second-order valence-electron chi connectivity index (χ2n) is 7.70. The zero-order chi connectivity index (χ0) is 18.3. The maximum Gasteiger partial charge on any atom is 0.410 e. The smallest absolute Gasteiger partial charge is 0.410 e. The highest BCUT2D eigenvalue weighted by Gasteiger charge is 2.26. The first-order valence-corrected chi connectivity index (χ1v) is 9.12. The zero-order valence-electron chi connectivity index (χ0n) is 15.6. The quantitative estimate of drug-likeness (QED) is 0.889. The van der Waals surface area contributed by atoms with E-state index in [1.165, 1.54) is 5.56 Å². The Morgan fingerprint density at radius 2 is 1.80 bits per heavy atom. The van der Waals surface area contributed by atoms with Crippen molar-refractivity contribution in [1.82, 2.24) is 10.2 Å². The van der Waals surface area contributed by atoms with Gasteiger partial charge in [0.05, 0.1) is 0 Å². The first-order chi connectivity index (χ1) is 11.8. The summed E-state index contributed by atoms with van der Waals surface area (Å²) < 4.78 is 5.40. The molecule has 1 fully saturated rings. The number of carbonyl (C=O) groups is 2. The number of carbonyl (C=O) groups excluding carboxylic acids is 2. The lowest BCUT2D eigenvalue weighted by Gasteiger charge is -2.33. The van der Waals surface area contributed by atoms with Crippen LogP contribution >= 0.6 is 0 Å². The van der Waals surface area contributed by atoms with Gasteiger partial charge in [0, 0.05) is 26.1 Å². The first kappa shape index (κ1) is 19.3. The molecule has 1 aliphatic heterocycles. The minimum Gasteiger partial charge on any atom is -0.444 e. The Labute approximate surface area is 150 Å². The molecule has 2 rings (SSSR count). The van der Waals surface area contributed by atoms with Crippen LogP contribution in [0.1, 0.15) is 45.6 Å². The Morgan fingerprint density at radius 3 is 2.40 bits per heavy atom. The van der Waals surface area contributed by atoms with E-state index < -0.39 is 5.60 Å². The van der Waals surface area contributed by atoms with Gasteiger partial charge in [-0.2, -0.15) is 0 Å². The summed E-state index contributed by atoms with van der Waals surface area (Å²) in [5.41, 5.74) is 0.726. The van der Waals surface area contributed by atoms with Gasteiger partial charge in [0.25, 0.3) is 0 Å². The van der Waals surface area contributed by atoms with Gasteiger partial charge in [-0.05, 0) is 51.5 Å². The third kappa shape index (κ3) is 7.16. The van der Waals surface area contributed by atoms with Gasteiger partial charge in [-0.15, -0.1) is 0 Å². The van der Waals surface area contributed by atoms with E-state index in [0.717, 1.165) is 19.3 Å². The average molecular weight is 346 g/mol. The number of amides is 2. The molecule has 1 aromatic carbocycles. The number of piperidine rings is 1. The molecule has 25 heavy (non-hydrogen) atoms. The highest BCUT2D eigenvalue weighted by Crippen LogP contribution is 2.19. The van der Waals surface area contributed by atoms with Crippen LogP contribution in [0.25, 0.3) is 0 Å². The monoisotopic (exact) mass is 346 g/mol. The summed E-state index contributed by atoms with van der Waals surface area (Å²) >= 11 is 0. The van der Waals surface area contributed by atoms with Crippen molar-refractivity contribution in [3.63, 3.8) is 0 Å². The molecule has 138 valence electrons. The largest absolute Gasteiger partial charge is 0.444 e. The van der Waals surface area contributed by atoms with Gasteiger partial charge in [-0.1, -0.05) is 30.3 Å². The fourth-order valence-electron chi connectivity index (χ4n) is 2.90. The van der Waals surface area contributed by atoms with Crippen LogP contribution in [-0.4, -0.2) is 42.1 Å². The van der Waals surface area contributed by atoms with Crippen molar-refractivity contribution >= 4 is 12.0 Å². The predicted molar refractivity (Wildman–Crippen MR) is 98.3 cm³/mol. The van der Waals surface area contributed by atoms with E-state index in [2.05, 4.69) is 5.32 Å². The van der Waals surface area contributed by atoms with E-state index >= 15 is 0 Å². The molecule has 0 saturated carbocycles. The van der Waals surface area contributed by atoms with Crippen LogP contribution < -0.4 is 5.32 Å². The molecule has 0 radical (unpaired) electrons. The molecule has 1 saturated heterocycles. The highest BCUT2D eigenvalue weighted by molar-refractivity contribution is 5.76. The van der Waals surface area contributed by atoms with Crippen LogP contribution in [-0.2, 0) is 16.0 Å². The number of nitrogens with one attached hydrogen (secondary N) is 1. The zero-order valence-corrected chi connectivity index (χ0v) is 15.6. The van der Waals surface area contributed by atoms with Crippen molar-refractivity contribution in [2.75, 3.05) is 19.6 Å². The summed E-state index contributed by atoms with van der Waals surface area (Å²) in [7, 11) is 0. The molecule has 1 heterocycles. The molecule has 5 heteroatoms. The van der Waals surface area contributed by atoms with Crippen LogP contribution in [0.5, 0.6) is 0 Å². The molecule has 1 N–H and O–H groups in total. The van der Waals surface area contributed by atoms with E-state index in [9.17, 15) is 9.59 Å². The molecule has 1 aliphatic rings. The van der Waals surface area contributed by atoms with Crippen molar-refractivity contribution < 1.29 is 14.3 Å². The van der Waals surface area contributed by atoms with Crippen LogP contribution in [0.2, 0.25) is 0 Å². The van der Waals surface area contributed by atoms with Crippen molar-refractivity contribution in [2.24, 2.45) is 5.92 Å². The standard InChI is InChI=1S/C20H30N2O3/c1-20(2,3)25-19(24)22-13-11-17(12-14-22)15-21-18(23)10-9-16-7-5-4-6-8-16/h4-8,17H,9-15H2,1-3H3,(H,21,23). The number of hydrogen-bond donors (Lipinski definition) is 1. The molecule has 0 unspecified atom stereocenters. The van der Waals surface area contributed by atoms with E-state index in [1.54, 1.807) is 4.90 Å². The Hall–Kier alpha value is -2.04. The van der Waals surface area contributed by atoms with Gasteiger partial charge in [-0.25, -0.2) is 4.79 Å². The number of benzene rings is 1. The molecular weight excluding hydrogens is 316 g/mol. The van der Waals surface area contributed by atoms with E-state index in [4.69, 9.17) is 4.74 Å². The topological polar surface area (TPSA) is 58.6 Å². The fraction of sp³-hybridized carbons (Fsp3) is 0.600. The summed E-state index contributed by atoms with van der Waals surface area (Å²) in [6.45, 7) is 7.71. The lowest BCUT2D eigenvalue weighted by atomic mass is 9.97. The number of aryl methyl sites for hydroxylation is 1. The summed E-state index contributed by atoms with van der Waals surface area (Å²) in [5.74, 6) is 0.526. The third-order valence-corrected chi connectivity index (χ3v) is 4.34. The molecule has 0 spiro atoms. The molecule has 0 bridgehead atoms. The molecule has 5 nitrogen and oxygen atoms in total. The highest BCUT2D eigenvalue weighted by atomic mass is 16.6. The number of hydrogen-bond acceptors (Lipinski definition) is 3. The van der Waals surface area contributed by atoms with Crippen molar-refractivity contribution in [2.45, 2.75) is 52.1 Å². The maximum absolute atomic E-state index is 12.0. The lowest BCUT2D eigenvalue weighted by molar-refractivity contribution is -0.121. The van der Waals surface area contributed by atoms with Gasteiger partial charge < -0.3 is 15.0 Å². The maximum atomic E-state index is 12.0. The minimum absolute atomic E-state index is 0.0958. The number of ether oxygens (including phenoxy) is 1. The van der Waals surface area contributed by atoms with Crippen LogP contribution in [0.4, 0.5) is 4.79 Å². The molecule has 0 aliphatic carbocycles. The predicted octanol–water partition coefficient (Wildman–Crippen LogP) is 3.38. The normalized spacial score (nSPS) is 15.7. The van der Waals surface area contributed by atoms with Crippen molar-refractivity contribution in [1.29, 1.82) is 0 Å². The second-order valence-corrected chi connectivity index (χ2v) is 7.70. The Morgan fingerprint density at radius 1 is 1.16 bits per heavy atom. The Balaban J connectivity index is 1.63. The SMILES string of the molecule is CC(C)(C)OC(=O)N1CCC(CNC(=O)CCc2ccccc2)CC1. The lowest BCUT2D eigenvalue weighted by Crippen LogP contribution is -2.43. The van der Waals surface area contributed by atoms with Crippen molar-refractivity contribution in [3.05, 3.63) is 35.9 Å². The average Bonchev–Trinajstić information content (AvgIpc) is 2.58. The van der Waals surface area contributed by atoms with E-state index in [1.807, 2.05) is 51.1 Å².